The molecule has 2 aliphatic rings. The van der Waals surface area contributed by atoms with Crippen LogP contribution in [0, 0.1) is 11.3 Å². The number of hydrogen-bond donors (Lipinski definition) is 2. The van der Waals surface area contributed by atoms with Gasteiger partial charge >= 0.3 is 5.97 Å². The predicted octanol–water partition coefficient (Wildman–Crippen LogP) is 16.4. The van der Waals surface area contributed by atoms with Crippen LogP contribution in [0.3, 0.4) is 0 Å². The Bertz CT molecular complexity index is 3200. The van der Waals surface area contributed by atoms with Crippen LogP contribution in [0.4, 0.5) is 17.1 Å². The number of ether oxygens (including phenoxy) is 2. The Hall–Kier alpha value is -7.36. The van der Waals surface area contributed by atoms with Crippen molar-refractivity contribution in [1.29, 1.82) is 5.26 Å². The van der Waals surface area contributed by atoms with E-state index in [2.05, 4.69) is 133 Å². The van der Waals surface area contributed by atoms with Gasteiger partial charge in [0.15, 0.2) is 0 Å². The minimum atomic E-state index is -1.30. The maximum Gasteiger partial charge on any atom is 0.346 e. The topological polar surface area (TPSA) is 120 Å². The first kappa shape index (κ1) is 52.5. The van der Waals surface area contributed by atoms with E-state index in [0.717, 1.165) is 76.0 Å². The molecular weight excluding hydrogens is 969 g/mol. The second-order valence-corrected chi connectivity index (χ2v) is 20.8. The van der Waals surface area contributed by atoms with Crippen LogP contribution >= 0.6 is 23.5 Å². The standard InChI is InChI=1S/C64H64N4O5S2/c1-5-7-9-11-13-43-15-19-45(20-16-43)37-47-39-52(68(50-23-28-53(71-3)29-24-50)51-25-30-54(72-4)31-26-51)27-33-56(47)63-48(38-46-21-17-44(18-22-46)14-12-10-8-6-2)41-60(74-63)58-35-34-57(61-62(58)67-75-66-61)59-36-32-55(73-59)40-49(42-65)64(69)70/h15-36,39-41,61,66H,5-14,37-38H2,1-4H3,(H,69,70)/b49-40+. The number of hydrogen-bond acceptors (Lipinski definition) is 10. The van der Waals surface area contributed by atoms with E-state index in [0.29, 0.717) is 5.76 Å². The van der Waals surface area contributed by atoms with Crippen LogP contribution in [0.25, 0.3) is 27.7 Å². The smallest absolute Gasteiger partial charge is 0.346 e. The lowest BCUT2D eigenvalue weighted by atomic mass is 9.89. The predicted molar refractivity (Wildman–Crippen MR) is 310 cm³/mol. The molecular formula is C64H64N4O5S2. The van der Waals surface area contributed by atoms with Crippen molar-refractivity contribution in [1.82, 2.24) is 4.72 Å². The zero-order chi connectivity index (χ0) is 52.1. The summed E-state index contributed by atoms with van der Waals surface area (Å²) in [5.74, 6) is 1.14. The van der Waals surface area contributed by atoms with Gasteiger partial charge in [-0.2, -0.15) is 5.26 Å². The highest BCUT2D eigenvalue weighted by molar-refractivity contribution is 7.96. The molecule has 9 nitrogen and oxygen atoms in total. The van der Waals surface area contributed by atoms with Crippen molar-refractivity contribution >= 4 is 69.4 Å². The van der Waals surface area contributed by atoms with E-state index in [1.165, 1.54) is 113 Å². The highest BCUT2D eigenvalue weighted by Crippen LogP contribution is 2.46. The number of rotatable bonds is 24. The van der Waals surface area contributed by atoms with Gasteiger partial charge in [-0.1, -0.05) is 119 Å². The normalized spacial score (nSPS) is 14.1. The molecule has 382 valence electrons. The van der Waals surface area contributed by atoms with Gasteiger partial charge in [-0.25, -0.2) is 13.9 Å². The molecule has 9 rings (SSSR count). The van der Waals surface area contributed by atoms with Crippen LogP contribution in [0.5, 0.6) is 11.5 Å². The van der Waals surface area contributed by atoms with Crippen molar-refractivity contribution in [2.45, 2.75) is 96.9 Å². The lowest BCUT2D eigenvalue weighted by molar-refractivity contribution is -0.132. The van der Waals surface area contributed by atoms with Gasteiger partial charge < -0.3 is 23.9 Å². The van der Waals surface area contributed by atoms with E-state index in [-0.39, 0.29) is 11.8 Å². The minimum absolute atomic E-state index is 0.280. The number of carbonyl (C=O) groups is 1. The molecule has 0 saturated heterocycles. The molecule has 1 unspecified atom stereocenters. The number of carboxylic acids is 1. The van der Waals surface area contributed by atoms with E-state index >= 15 is 0 Å². The number of nitrogens with one attached hydrogen (secondary N) is 1. The Labute approximate surface area is 450 Å². The highest BCUT2D eigenvalue weighted by Gasteiger charge is 2.34. The number of thiophene rings is 1. The molecule has 1 aliphatic carbocycles. The molecule has 0 fully saturated rings. The summed E-state index contributed by atoms with van der Waals surface area (Å²) in [4.78, 5) is 16.2. The maximum absolute atomic E-state index is 11.6. The first-order valence-corrected chi connectivity index (χ1v) is 27.7. The Balaban J connectivity index is 1.16. The number of methoxy groups -OCH3 is 2. The summed E-state index contributed by atoms with van der Waals surface area (Å²) < 4.78 is 25.8. The molecule has 1 atom stereocenters. The van der Waals surface area contributed by atoms with Gasteiger partial charge in [-0.3, -0.25) is 0 Å². The van der Waals surface area contributed by atoms with Gasteiger partial charge in [0, 0.05) is 44.0 Å². The van der Waals surface area contributed by atoms with E-state index in [4.69, 9.17) is 18.3 Å². The summed E-state index contributed by atoms with van der Waals surface area (Å²) in [6, 6.07) is 49.2. The fraction of sp³-hybridized carbons (Fsp3) is 0.266. The lowest BCUT2D eigenvalue weighted by Crippen LogP contribution is -2.31. The van der Waals surface area contributed by atoms with Crippen LogP contribution < -0.4 is 19.1 Å². The molecule has 0 spiro atoms. The second kappa shape index (κ2) is 25.2. The average Bonchev–Trinajstić information content (AvgIpc) is 4.25. The van der Waals surface area contributed by atoms with Crippen molar-refractivity contribution in [2.75, 3.05) is 19.1 Å². The summed E-state index contributed by atoms with van der Waals surface area (Å²) in [6.07, 6.45) is 19.0. The number of carboxylic acid groups (broad SMARTS) is 1. The van der Waals surface area contributed by atoms with Crippen molar-refractivity contribution in [2.24, 2.45) is 4.40 Å². The van der Waals surface area contributed by atoms with Gasteiger partial charge in [-0.15, -0.1) is 11.3 Å². The molecule has 1 aliphatic heterocycles. The number of nitriles is 1. The highest BCUT2D eigenvalue weighted by atomic mass is 32.2. The molecule has 2 N–H and O–H groups in total. The van der Waals surface area contributed by atoms with Crippen LogP contribution in [0.1, 0.15) is 115 Å². The van der Waals surface area contributed by atoms with Crippen molar-refractivity contribution in [3.63, 3.8) is 0 Å². The largest absolute Gasteiger partial charge is 0.497 e. The molecule has 3 heterocycles. The summed E-state index contributed by atoms with van der Waals surface area (Å²) >= 11 is 3.10. The number of unbranched alkanes of at least 4 members (excludes halogenated alkanes) is 6. The zero-order valence-corrected chi connectivity index (χ0v) is 44.9. The first-order valence-electron chi connectivity index (χ1n) is 26.1. The Morgan fingerprint density at radius 2 is 1.28 bits per heavy atom. The third-order valence-electron chi connectivity index (χ3n) is 14.0. The van der Waals surface area contributed by atoms with Gasteiger partial charge in [0.25, 0.3) is 0 Å². The van der Waals surface area contributed by atoms with Crippen LogP contribution in [0.15, 0.2) is 160 Å². The number of fused-ring (bicyclic) bond motifs is 1. The van der Waals surface area contributed by atoms with E-state index < -0.39 is 11.5 Å². The summed E-state index contributed by atoms with van der Waals surface area (Å²) in [6.45, 7) is 4.52. The molecule has 5 aromatic carbocycles. The lowest BCUT2D eigenvalue weighted by Gasteiger charge is -2.27. The van der Waals surface area contributed by atoms with Crippen LogP contribution in [0.2, 0.25) is 0 Å². The van der Waals surface area contributed by atoms with E-state index in [1.807, 2.05) is 30.3 Å². The molecule has 0 radical (unpaired) electrons. The summed E-state index contributed by atoms with van der Waals surface area (Å²) in [5, 5.41) is 18.9. The van der Waals surface area contributed by atoms with Crippen molar-refractivity contribution < 1.29 is 23.8 Å². The third kappa shape index (κ3) is 12.8. The Morgan fingerprint density at radius 1 is 0.707 bits per heavy atom. The molecule has 0 bridgehead atoms. The van der Waals surface area contributed by atoms with Gasteiger partial charge in [0.1, 0.15) is 34.7 Å². The number of nitrogens with zero attached hydrogens (tertiary/aromatic N) is 3. The number of allylic oxidation sites excluding steroid dienone is 2. The van der Waals surface area contributed by atoms with Gasteiger partial charge in [-0.05, 0) is 156 Å². The fourth-order valence-corrected chi connectivity index (χ4v) is 11.8. The average molecular weight is 1030 g/mol. The summed E-state index contributed by atoms with van der Waals surface area (Å²) in [7, 11) is 3.39. The van der Waals surface area contributed by atoms with Crippen molar-refractivity contribution in [3.8, 4) is 28.0 Å². The fourth-order valence-electron chi connectivity index (χ4n) is 9.83. The second-order valence-electron chi connectivity index (χ2n) is 19.1. The summed E-state index contributed by atoms with van der Waals surface area (Å²) in [5.41, 5.74) is 14.3. The Kier molecular flexibility index (Phi) is 17.7. The number of aryl methyl sites for hydroxylation is 2. The third-order valence-corrected chi connectivity index (χ3v) is 15.8. The minimum Gasteiger partial charge on any atom is -0.497 e. The number of anilines is 3. The van der Waals surface area contributed by atoms with E-state index in [1.54, 1.807) is 37.7 Å². The molecule has 2 aromatic heterocycles. The van der Waals surface area contributed by atoms with Gasteiger partial charge in [0.05, 0.1) is 38.1 Å². The van der Waals surface area contributed by atoms with Gasteiger partial charge in [0.2, 0.25) is 0 Å². The Morgan fingerprint density at radius 3 is 1.84 bits per heavy atom. The van der Waals surface area contributed by atoms with Crippen LogP contribution in [-0.4, -0.2) is 37.0 Å². The zero-order valence-electron chi connectivity index (χ0n) is 43.2. The first-order chi connectivity index (χ1) is 36.7. The SMILES string of the molecule is CCCCCCc1ccc(Cc2cc(N(c3ccc(OC)cc3)c3ccc(OC)cc3)ccc2-c2sc(C3=CC=C(c4ccc(/C=C(\C#N)C(=O)O)o4)C4NSN=C34)cc2Cc2ccc(CCCCCC)cc2)cc1. The van der Waals surface area contributed by atoms with E-state index in [9.17, 15) is 15.2 Å². The molecule has 0 saturated carbocycles. The number of aliphatic carboxylic acids is 1. The van der Waals surface area contributed by atoms with Crippen LogP contribution in [-0.2, 0) is 30.5 Å². The number of furan rings is 1. The van der Waals surface area contributed by atoms with Crippen molar-refractivity contribution in [3.05, 3.63) is 201 Å². The molecule has 75 heavy (non-hydrogen) atoms. The number of benzene rings is 5. The molecule has 0 amide bonds. The monoisotopic (exact) mass is 1030 g/mol. The molecule has 7 aromatic rings. The quantitative estimate of drug-likeness (QED) is 0.0264. The maximum atomic E-state index is 11.6. The molecule has 11 heteroatoms.